The third-order valence-electron chi connectivity index (χ3n) is 3.68. The third kappa shape index (κ3) is 2.21. The van der Waals surface area contributed by atoms with Gasteiger partial charge in [-0.2, -0.15) is 0 Å². The molecule has 0 amide bonds. The molecule has 0 unspecified atom stereocenters. The molecule has 1 saturated carbocycles. The van der Waals surface area contributed by atoms with Crippen LogP contribution in [-0.4, -0.2) is 0 Å². The van der Waals surface area contributed by atoms with Crippen molar-refractivity contribution in [2.45, 2.75) is 12.3 Å². The maximum absolute atomic E-state index is 5.91. The molecule has 2 aromatic carbocycles. The zero-order valence-electron chi connectivity index (χ0n) is 10.1. The summed E-state index contributed by atoms with van der Waals surface area (Å²) in [6, 6.07) is 18.7. The Bertz CT molecular complexity index is 554. The second-order valence-corrected chi connectivity index (χ2v) is 5.33. The van der Waals surface area contributed by atoms with Gasteiger partial charge in [-0.1, -0.05) is 60.6 Å². The summed E-state index contributed by atoms with van der Waals surface area (Å²) < 4.78 is 0. The molecule has 1 fully saturated rings. The lowest BCUT2D eigenvalue weighted by Gasteiger charge is -2.06. The standard InChI is InChI=1S/C17H15Cl/c1-12(13-7-9-15(18)10-8-13)16-11-17(16)14-5-3-2-4-6-14/h2-10,16-17H,1,11H2/t16-,17-/m1/s1. The minimum absolute atomic E-state index is 0.591. The number of allylic oxidation sites excluding steroid dienone is 1. The Morgan fingerprint density at radius 1 is 1.00 bits per heavy atom. The first-order valence-electron chi connectivity index (χ1n) is 6.25. The highest BCUT2D eigenvalue weighted by Gasteiger charge is 2.40. The van der Waals surface area contributed by atoms with Crippen LogP contribution in [0, 0.1) is 5.92 Å². The number of hydrogen-bond acceptors (Lipinski definition) is 0. The SMILES string of the molecule is C=C(c1ccc(Cl)cc1)[C@H]1C[C@@H]1c1ccccc1. The van der Waals surface area contributed by atoms with E-state index in [1.54, 1.807) is 0 Å². The van der Waals surface area contributed by atoms with Crippen LogP contribution in [0.1, 0.15) is 23.5 Å². The second kappa shape index (κ2) is 4.62. The second-order valence-electron chi connectivity index (χ2n) is 4.89. The molecule has 2 atom stereocenters. The number of halogens is 1. The molecule has 0 heterocycles. The van der Waals surface area contributed by atoms with Crippen LogP contribution in [-0.2, 0) is 0 Å². The lowest BCUT2D eigenvalue weighted by molar-refractivity contribution is 1.03. The molecule has 0 saturated heterocycles. The molecule has 1 aliphatic rings. The molecule has 0 bridgehead atoms. The van der Waals surface area contributed by atoms with Gasteiger partial charge in [-0.15, -0.1) is 0 Å². The molecule has 0 aromatic heterocycles. The lowest BCUT2D eigenvalue weighted by Crippen LogP contribution is -1.88. The fourth-order valence-corrected chi connectivity index (χ4v) is 2.65. The highest BCUT2D eigenvalue weighted by molar-refractivity contribution is 6.30. The Hall–Kier alpha value is -1.53. The predicted octanol–water partition coefficient (Wildman–Crippen LogP) is 5.16. The highest BCUT2D eigenvalue weighted by atomic mass is 35.5. The molecule has 0 aliphatic heterocycles. The van der Waals surface area contributed by atoms with Crippen LogP contribution in [0.25, 0.3) is 5.57 Å². The van der Waals surface area contributed by atoms with E-state index in [0.717, 1.165) is 5.02 Å². The number of rotatable bonds is 3. The van der Waals surface area contributed by atoms with Crippen LogP contribution >= 0.6 is 11.6 Å². The zero-order valence-corrected chi connectivity index (χ0v) is 10.9. The van der Waals surface area contributed by atoms with E-state index in [2.05, 4.69) is 49.0 Å². The largest absolute Gasteiger partial charge is 0.0949 e. The van der Waals surface area contributed by atoms with E-state index in [9.17, 15) is 0 Å². The van der Waals surface area contributed by atoms with Crippen molar-refractivity contribution in [3.63, 3.8) is 0 Å². The van der Waals surface area contributed by atoms with E-state index in [1.165, 1.54) is 23.1 Å². The van der Waals surface area contributed by atoms with Crippen LogP contribution in [0.5, 0.6) is 0 Å². The zero-order chi connectivity index (χ0) is 12.5. The van der Waals surface area contributed by atoms with Crippen LogP contribution in [0.3, 0.4) is 0 Å². The van der Waals surface area contributed by atoms with Gasteiger partial charge in [0.25, 0.3) is 0 Å². The molecule has 0 radical (unpaired) electrons. The molecule has 18 heavy (non-hydrogen) atoms. The molecule has 1 aliphatic carbocycles. The summed E-state index contributed by atoms with van der Waals surface area (Å²) in [5.74, 6) is 1.24. The van der Waals surface area contributed by atoms with Crippen LogP contribution in [0.15, 0.2) is 61.2 Å². The van der Waals surface area contributed by atoms with Gasteiger partial charge < -0.3 is 0 Å². The van der Waals surface area contributed by atoms with Crippen molar-refractivity contribution in [1.82, 2.24) is 0 Å². The smallest absolute Gasteiger partial charge is 0.0406 e. The van der Waals surface area contributed by atoms with Gasteiger partial charge in [0.2, 0.25) is 0 Å². The Balaban J connectivity index is 1.75. The fourth-order valence-electron chi connectivity index (χ4n) is 2.53. The van der Waals surface area contributed by atoms with Crippen molar-refractivity contribution < 1.29 is 0 Å². The van der Waals surface area contributed by atoms with E-state index in [0.29, 0.717) is 11.8 Å². The van der Waals surface area contributed by atoms with Gasteiger partial charge in [-0.25, -0.2) is 0 Å². The highest BCUT2D eigenvalue weighted by Crippen LogP contribution is 2.53. The Kier molecular flexibility index (Phi) is 2.97. The van der Waals surface area contributed by atoms with Crippen molar-refractivity contribution in [2.75, 3.05) is 0 Å². The molecular formula is C17H15Cl. The van der Waals surface area contributed by atoms with Gasteiger partial charge in [-0.05, 0) is 47.1 Å². The molecular weight excluding hydrogens is 240 g/mol. The van der Waals surface area contributed by atoms with Crippen LogP contribution < -0.4 is 0 Å². The van der Waals surface area contributed by atoms with Gasteiger partial charge in [0.15, 0.2) is 0 Å². The minimum Gasteiger partial charge on any atom is -0.0949 e. The van der Waals surface area contributed by atoms with Gasteiger partial charge in [-0.3, -0.25) is 0 Å². The number of benzene rings is 2. The average molecular weight is 255 g/mol. The van der Waals surface area contributed by atoms with Gasteiger partial charge in [0.05, 0.1) is 0 Å². The van der Waals surface area contributed by atoms with Crippen molar-refractivity contribution in [2.24, 2.45) is 5.92 Å². The summed E-state index contributed by atoms with van der Waals surface area (Å²) in [7, 11) is 0. The summed E-state index contributed by atoms with van der Waals surface area (Å²) >= 11 is 5.91. The summed E-state index contributed by atoms with van der Waals surface area (Å²) in [6.45, 7) is 4.25. The molecule has 2 aromatic rings. The molecule has 0 N–H and O–H groups in total. The van der Waals surface area contributed by atoms with Crippen molar-refractivity contribution in [1.29, 1.82) is 0 Å². The van der Waals surface area contributed by atoms with Crippen molar-refractivity contribution in [3.05, 3.63) is 77.3 Å². The summed E-state index contributed by atoms with van der Waals surface area (Å²) in [5, 5.41) is 0.780. The quantitative estimate of drug-likeness (QED) is 0.710. The molecule has 1 heteroatoms. The maximum atomic E-state index is 5.91. The summed E-state index contributed by atoms with van der Waals surface area (Å²) in [5.41, 5.74) is 3.88. The molecule has 0 spiro atoms. The van der Waals surface area contributed by atoms with Crippen LogP contribution in [0.2, 0.25) is 5.02 Å². The predicted molar refractivity (Wildman–Crippen MR) is 77.8 cm³/mol. The topological polar surface area (TPSA) is 0 Å². The normalized spacial score (nSPS) is 21.6. The van der Waals surface area contributed by atoms with Crippen LogP contribution in [0.4, 0.5) is 0 Å². The van der Waals surface area contributed by atoms with Gasteiger partial charge >= 0.3 is 0 Å². The lowest BCUT2D eigenvalue weighted by atomic mass is 10.00. The van der Waals surface area contributed by atoms with E-state index < -0.39 is 0 Å². The van der Waals surface area contributed by atoms with Gasteiger partial charge in [0, 0.05) is 5.02 Å². The van der Waals surface area contributed by atoms with Gasteiger partial charge in [0.1, 0.15) is 0 Å². The Morgan fingerprint density at radius 3 is 2.33 bits per heavy atom. The first-order chi connectivity index (χ1) is 8.75. The first kappa shape index (κ1) is 11.6. The Morgan fingerprint density at radius 2 is 1.67 bits per heavy atom. The molecule has 90 valence electrons. The fraction of sp³-hybridized carbons (Fsp3) is 0.176. The Labute approximate surface area is 113 Å². The summed E-state index contributed by atoms with van der Waals surface area (Å²) in [4.78, 5) is 0. The summed E-state index contributed by atoms with van der Waals surface area (Å²) in [6.07, 6.45) is 1.21. The van der Waals surface area contributed by atoms with E-state index in [1.807, 2.05) is 12.1 Å². The first-order valence-corrected chi connectivity index (χ1v) is 6.63. The van der Waals surface area contributed by atoms with E-state index in [-0.39, 0.29) is 0 Å². The average Bonchev–Trinajstić information content (AvgIpc) is 3.20. The van der Waals surface area contributed by atoms with E-state index >= 15 is 0 Å². The third-order valence-corrected chi connectivity index (χ3v) is 3.93. The number of hydrogen-bond donors (Lipinski definition) is 0. The van der Waals surface area contributed by atoms with Crippen molar-refractivity contribution in [3.8, 4) is 0 Å². The molecule has 0 nitrogen and oxygen atoms in total. The minimum atomic E-state index is 0.591. The van der Waals surface area contributed by atoms with E-state index in [4.69, 9.17) is 11.6 Å². The monoisotopic (exact) mass is 254 g/mol. The van der Waals surface area contributed by atoms with Crippen molar-refractivity contribution >= 4 is 17.2 Å². The maximum Gasteiger partial charge on any atom is 0.0406 e. The molecule has 3 rings (SSSR count).